The molecule has 0 saturated heterocycles. The van der Waals surface area contributed by atoms with Crippen LogP contribution in [0.25, 0.3) is 0 Å². The lowest BCUT2D eigenvalue weighted by atomic mass is 9.94. The molecular weight excluding hydrogens is 424 g/mol. The maximum absolute atomic E-state index is 9.55. The Labute approximate surface area is 193 Å². The summed E-state index contributed by atoms with van der Waals surface area (Å²) in [5, 5.41) is 19.1. The fourth-order valence-corrected chi connectivity index (χ4v) is 4.24. The number of rotatable bonds is 5. The standard InChI is InChI=1S/C21H26N2O2.C4H4O4/c1-15-18-8-10-22-9-7-16(18)13-20-21(15)23(11-12-25-20)14-17-5-3-4-6-19(17)24-2;5-3(6)1-2-4(7)8/h3-6,13,22H,7-12,14H2,1-2H3;1-2H,(H,5,6)(H,7,8)/b;2-1+. The first-order valence-electron chi connectivity index (χ1n) is 10.9. The minimum atomic E-state index is -1.26. The van der Waals surface area contributed by atoms with Crippen molar-refractivity contribution in [3.8, 4) is 11.5 Å². The Balaban J connectivity index is 0.000000331. The zero-order chi connectivity index (χ0) is 23.8. The summed E-state index contributed by atoms with van der Waals surface area (Å²) >= 11 is 0. The molecule has 2 aliphatic heterocycles. The molecule has 0 unspecified atom stereocenters. The lowest BCUT2D eigenvalue weighted by molar-refractivity contribution is -0.134. The average molecular weight is 455 g/mol. The van der Waals surface area contributed by atoms with Gasteiger partial charge in [-0.15, -0.1) is 0 Å². The molecule has 8 nitrogen and oxygen atoms in total. The maximum atomic E-state index is 9.55. The average Bonchev–Trinajstić information content (AvgIpc) is 3.04. The molecule has 0 bridgehead atoms. The molecule has 4 rings (SSSR count). The molecular formula is C25H30N2O6. The molecule has 3 N–H and O–H groups in total. The van der Waals surface area contributed by atoms with Crippen LogP contribution in [0.15, 0.2) is 42.5 Å². The SMILES string of the molecule is COc1ccccc1CN1CCOc2cc3c(c(C)c21)CCNCC3.O=C(O)/C=C/C(=O)O. The van der Waals surface area contributed by atoms with Crippen molar-refractivity contribution in [2.24, 2.45) is 0 Å². The Morgan fingerprint density at radius 1 is 1.15 bits per heavy atom. The molecule has 2 aromatic rings. The van der Waals surface area contributed by atoms with Gasteiger partial charge in [-0.3, -0.25) is 0 Å². The molecule has 0 fully saturated rings. The summed E-state index contributed by atoms with van der Waals surface area (Å²) in [4.78, 5) is 21.6. The normalized spacial score (nSPS) is 14.8. The van der Waals surface area contributed by atoms with E-state index in [4.69, 9.17) is 19.7 Å². The summed E-state index contributed by atoms with van der Waals surface area (Å²) in [5.74, 6) is -0.522. The van der Waals surface area contributed by atoms with Crippen LogP contribution < -0.4 is 19.7 Å². The lowest BCUT2D eigenvalue weighted by Gasteiger charge is -2.34. The number of carbonyl (C=O) groups is 2. The molecule has 176 valence electrons. The minimum absolute atomic E-state index is 0.558. The van der Waals surface area contributed by atoms with Crippen molar-refractivity contribution in [1.82, 2.24) is 5.32 Å². The zero-order valence-corrected chi connectivity index (χ0v) is 19.0. The van der Waals surface area contributed by atoms with E-state index in [9.17, 15) is 9.59 Å². The second-order valence-corrected chi connectivity index (χ2v) is 7.83. The number of para-hydroxylation sites is 1. The highest BCUT2D eigenvalue weighted by Gasteiger charge is 2.25. The number of aliphatic carboxylic acids is 2. The third-order valence-corrected chi connectivity index (χ3v) is 5.71. The Kier molecular flexibility index (Phi) is 8.32. The molecule has 0 spiro atoms. The number of carboxylic acid groups (broad SMARTS) is 2. The molecule has 8 heteroatoms. The van der Waals surface area contributed by atoms with E-state index in [-0.39, 0.29) is 0 Å². The van der Waals surface area contributed by atoms with Crippen molar-refractivity contribution in [1.29, 1.82) is 0 Å². The Hall–Kier alpha value is -3.52. The van der Waals surface area contributed by atoms with E-state index in [1.807, 2.05) is 12.1 Å². The molecule has 2 aliphatic rings. The van der Waals surface area contributed by atoms with Gasteiger partial charge in [0.25, 0.3) is 0 Å². The number of hydrogen-bond acceptors (Lipinski definition) is 6. The van der Waals surface area contributed by atoms with Crippen molar-refractivity contribution in [2.75, 3.05) is 38.3 Å². The number of benzene rings is 2. The van der Waals surface area contributed by atoms with Crippen LogP contribution in [0.1, 0.15) is 22.3 Å². The molecule has 2 heterocycles. The summed E-state index contributed by atoms with van der Waals surface area (Å²) in [5.41, 5.74) is 6.80. The van der Waals surface area contributed by atoms with Crippen molar-refractivity contribution < 1.29 is 29.3 Å². The van der Waals surface area contributed by atoms with Crippen LogP contribution in [-0.4, -0.2) is 55.5 Å². The topological polar surface area (TPSA) is 108 Å². The van der Waals surface area contributed by atoms with Gasteiger partial charge in [-0.25, -0.2) is 9.59 Å². The van der Waals surface area contributed by atoms with Crippen molar-refractivity contribution in [3.63, 3.8) is 0 Å². The first-order valence-corrected chi connectivity index (χ1v) is 10.9. The van der Waals surface area contributed by atoms with E-state index in [0.717, 1.165) is 57.1 Å². The van der Waals surface area contributed by atoms with Gasteiger partial charge in [0.05, 0.1) is 19.3 Å². The van der Waals surface area contributed by atoms with Gasteiger partial charge in [0.1, 0.15) is 18.1 Å². The summed E-state index contributed by atoms with van der Waals surface area (Å²) < 4.78 is 11.6. The summed E-state index contributed by atoms with van der Waals surface area (Å²) in [7, 11) is 1.74. The third kappa shape index (κ3) is 6.26. The fraction of sp³-hybridized carbons (Fsp3) is 0.360. The molecule has 2 aromatic carbocycles. The number of ether oxygens (including phenoxy) is 2. The van der Waals surface area contributed by atoms with E-state index < -0.39 is 11.9 Å². The highest BCUT2D eigenvalue weighted by atomic mass is 16.5. The van der Waals surface area contributed by atoms with Gasteiger partial charge in [-0.05, 0) is 61.7 Å². The predicted octanol–water partition coefficient (Wildman–Crippen LogP) is 2.80. The van der Waals surface area contributed by atoms with Crippen molar-refractivity contribution in [3.05, 3.63) is 64.7 Å². The monoisotopic (exact) mass is 454 g/mol. The van der Waals surface area contributed by atoms with Gasteiger partial charge in [0.15, 0.2) is 0 Å². The van der Waals surface area contributed by atoms with E-state index >= 15 is 0 Å². The molecule has 0 saturated carbocycles. The van der Waals surface area contributed by atoms with Crippen LogP contribution in [0.2, 0.25) is 0 Å². The zero-order valence-electron chi connectivity index (χ0n) is 19.0. The number of carboxylic acids is 2. The highest BCUT2D eigenvalue weighted by molar-refractivity contribution is 5.89. The van der Waals surface area contributed by atoms with E-state index in [0.29, 0.717) is 12.2 Å². The Morgan fingerprint density at radius 3 is 2.55 bits per heavy atom. The van der Waals surface area contributed by atoms with Crippen LogP contribution in [0.5, 0.6) is 11.5 Å². The fourth-order valence-electron chi connectivity index (χ4n) is 4.24. The summed E-state index contributed by atoms with van der Waals surface area (Å²) in [6.45, 7) is 6.85. The largest absolute Gasteiger partial charge is 0.496 e. The first kappa shape index (κ1) is 24.1. The second kappa shape index (κ2) is 11.4. The van der Waals surface area contributed by atoms with Gasteiger partial charge in [-0.1, -0.05) is 18.2 Å². The van der Waals surface area contributed by atoms with E-state index in [1.54, 1.807) is 7.11 Å². The van der Waals surface area contributed by atoms with Gasteiger partial charge < -0.3 is 29.9 Å². The number of nitrogens with zero attached hydrogens (tertiary/aromatic N) is 1. The van der Waals surface area contributed by atoms with Gasteiger partial charge in [-0.2, -0.15) is 0 Å². The summed E-state index contributed by atoms with van der Waals surface area (Å²) in [6.07, 6.45) is 3.29. The number of methoxy groups -OCH3 is 1. The van der Waals surface area contributed by atoms with Crippen LogP contribution >= 0.6 is 0 Å². The molecule has 0 aromatic heterocycles. The highest BCUT2D eigenvalue weighted by Crippen LogP contribution is 2.40. The van der Waals surface area contributed by atoms with Crippen LogP contribution in [0.4, 0.5) is 5.69 Å². The van der Waals surface area contributed by atoms with E-state index in [1.165, 1.54) is 27.9 Å². The third-order valence-electron chi connectivity index (χ3n) is 5.71. The Bertz CT molecular complexity index is 1020. The quantitative estimate of drug-likeness (QED) is 0.592. The van der Waals surface area contributed by atoms with Gasteiger partial charge in [0.2, 0.25) is 0 Å². The minimum Gasteiger partial charge on any atom is -0.496 e. The number of fused-ring (bicyclic) bond motifs is 2. The molecule has 0 amide bonds. The van der Waals surface area contributed by atoms with Crippen molar-refractivity contribution in [2.45, 2.75) is 26.3 Å². The van der Waals surface area contributed by atoms with E-state index in [2.05, 4.69) is 35.3 Å². The molecule has 0 aliphatic carbocycles. The Morgan fingerprint density at radius 2 is 1.85 bits per heavy atom. The summed E-state index contributed by atoms with van der Waals surface area (Å²) in [6, 6.07) is 10.6. The smallest absolute Gasteiger partial charge is 0.328 e. The predicted molar refractivity (Wildman–Crippen MR) is 125 cm³/mol. The number of nitrogens with one attached hydrogen (secondary N) is 1. The maximum Gasteiger partial charge on any atom is 0.328 e. The van der Waals surface area contributed by atoms with Crippen LogP contribution in [0.3, 0.4) is 0 Å². The van der Waals surface area contributed by atoms with Crippen molar-refractivity contribution >= 4 is 17.6 Å². The molecule has 0 radical (unpaired) electrons. The van der Waals surface area contributed by atoms with Crippen LogP contribution in [-0.2, 0) is 29.0 Å². The molecule has 33 heavy (non-hydrogen) atoms. The lowest BCUT2D eigenvalue weighted by Crippen LogP contribution is -2.33. The van der Waals surface area contributed by atoms with Gasteiger partial charge >= 0.3 is 11.9 Å². The van der Waals surface area contributed by atoms with Crippen LogP contribution in [0, 0.1) is 6.92 Å². The molecule has 0 atom stereocenters. The first-order chi connectivity index (χ1) is 15.9. The number of hydrogen-bond donors (Lipinski definition) is 3. The second-order valence-electron chi connectivity index (χ2n) is 7.83. The number of anilines is 1. The van der Waals surface area contributed by atoms with Gasteiger partial charge in [0, 0.05) is 24.3 Å².